The van der Waals surface area contributed by atoms with Crippen LogP contribution >= 0.6 is 0 Å². The molecule has 13 heavy (non-hydrogen) atoms. The molecule has 0 amide bonds. The molecule has 0 radical (unpaired) electrons. The van der Waals surface area contributed by atoms with E-state index < -0.39 is 5.97 Å². The molecule has 0 aliphatic rings. The lowest BCUT2D eigenvalue weighted by atomic mass is 10.4. The Bertz CT molecular complexity index is 306. The molecule has 0 fully saturated rings. The van der Waals surface area contributed by atoms with Crippen LogP contribution in [-0.4, -0.2) is 24.4 Å². The average Bonchev–Trinajstić information content (AvgIpc) is 2.41. The monoisotopic (exact) mass is 184 g/mol. The van der Waals surface area contributed by atoms with Crippen molar-refractivity contribution in [2.75, 3.05) is 19.6 Å². The fraction of sp³-hybridized carbons (Fsp3) is 0.375. The summed E-state index contributed by atoms with van der Waals surface area (Å²) < 4.78 is 10.9. The highest BCUT2D eigenvalue weighted by atomic mass is 16.7. The third-order valence-electron chi connectivity index (χ3n) is 1.54. The van der Waals surface area contributed by atoms with Gasteiger partial charge in [-0.15, -0.1) is 0 Å². The maximum atomic E-state index is 11.3. The summed E-state index contributed by atoms with van der Waals surface area (Å²) in [5.74, 6) is -0.443. The summed E-state index contributed by atoms with van der Waals surface area (Å²) in [6, 6.07) is 1.55. The van der Waals surface area contributed by atoms with Crippen LogP contribution in [0, 0.1) is 0 Å². The lowest BCUT2D eigenvalue weighted by molar-refractivity contribution is -0.0132. The van der Waals surface area contributed by atoms with E-state index in [1.54, 1.807) is 23.9 Å². The lowest BCUT2D eigenvalue weighted by Gasteiger charge is -2.02. The Labute approximate surface area is 76.0 Å². The number of esters is 1. The molecule has 2 N–H and O–H groups in total. The Morgan fingerprint density at radius 3 is 2.85 bits per heavy atom. The SMILES string of the molecule is COCOC(=O)c1cc(N)cn1C. The fourth-order valence-electron chi connectivity index (χ4n) is 0.979. The Kier molecular flexibility index (Phi) is 2.92. The summed E-state index contributed by atoms with van der Waals surface area (Å²) in [5, 5.41) is 0. The van der Waals surface area contributed by atoms with Crippen LogP contribution in [0.15, 0.2) is 12.3 Å². The van der Waals surface area contributed by atoms with E-state index in [4.69, 9.17) is 10.5 Å². The van der Waals surface area contributed by atoms with Crippen LogP contribution in [-0.2, 0) is 16.5 Å². The summed E-state index contributed by atoms with van der Waals surface area (Å²) in [6.45, 7) is -0.0517. The molecule has 5 heteroatoms. The molecule has 72 valence electrons. The molecule has 5 nitrogen and oxygen atoms in total. The van der Waals surface area contributed by atoms with Gasteiger partial charge in [-0.3, -0.25) is 0 Å². The molecule has 1 rings (SSSR count). The van der Waals surface area contributed by atoms with Gasteiger partial charge in [0.15, 0.2) is 6.79 Å². The highest BCUT2D eigenvalue weighted by molar-refractivity contribution is 5.88. The van der Waals surface area contributed by atoms with Crippen LogP contribution in [0.4, 0.5) is 5.69 Å². The van der Waals surface area contributed by atoms with Crippen molar-refractivity contribution < 1.29 is 14.3 Å². The number of hydrogen-bond acceptors (Lipinski definition) is 4. The number of carbonyl (C=O) groups excluding carboxylic acids is 1. The summed E-state index contributed by atoms with van der Waals surface area (Å²) in [5.41, 5.74) is 6.43. The van der Waals surface area contributed by atoms with E-state index in [0.29, 0.717) is 11.4 Å². The van der Waals surface area contributed by atoms with E-state index in [1.165, 1.54) is 7.11 Å². The van der Waals surface area contributed by atoms with Crippen molar-refractivity contribution >= 4 is 11.7 Å². The minimum Gasteiger partial charge on any atom is -0.434 e. The first-order chi connectivity index (χ1) is 6.15. The van der Waals surface area contributed by atoms with Crippen LogP contribution in [0.2, 0.25) is 0 Å². The average molecular weight is 184 g/mol. The molecule has 0 saturated heterocycles. The third kappa shape index (κ3) is 2.22. The first-order valence-electron chi connectivity index (χ1n) is 3.73. The standard InChI is InChI=1S/C8H12N2O3/c1-10-4-6(9)3-7(10)8(11)13-5-12-2/h3-4H,5,9H2,1-2H3. The van der Waals surface area contributed by atoms with Gasteiger partial charge in [0.1, 0.15) is 5.69 Å². The molecular formula is C8H12N2O3. The van der Waals surface area contributed by atoms with Crippen molar-refractivity contribution in [2.24, 2.45) is 7.05 Å². The summed E-state index contributed by atoms with van der Waals surface area (Å²) >= 11 is 0. The van der Waals surface area contributed by atoms with E-state index in [1.807, 2.05) is 0 Å². The van der Waals surface area contributed by atoms with Gasteiger partial charge in [-0.05, 0) is 6.07 Å². The number of aromatic nitrogens is 1. The highest BCUT2D eigenvalue weighted by Crippen LogP contribution is 2.09. The maximum Gasteiger partial charge on any atom is 0.357 e. The van der Waals surface area contributed by atoms with Crippen LogP contribution in [0.1, 0.15) is 10.5 Å². The topological polar surface area (TPSA) is 66.5 Å². The molecule has 1 aromatic rings. The maximum absolute atomic E-state index is 11.3. The Hall–Kier alpha value is -1.49. The minimum absolute atomic E-state index is 0.0517. The minimum atomic E-state index is -0.443. The van der Waals surface area contributed by atoms with Crippen molar-refractivity contribution in [1.82, 2.24) is 4.57 Å². The molecule has 0 aliphatic heterocycles. The van der Waals surface area contributed by atoms with E-state index in [-0.39, 0.29) is 6.79 Å². The number of carbonyl (C=O) groups is 1. The number of nitrogens with two attached hydrogens (primary N) is 1. The Morgan fingerprint density at radius 1 is 1.69 bits per heavy atom. The summed E-state index contributed by atoms with van der Waals surface area (Å²) in [7, 11) is 3.17. The van der Waals surface area contributed by atoms with Gasteiger partial charge < -0.3 is 19.8 Å². The molecule has 0 unspecified atom stereocenters. The molecule has 0 spiro atoms. The van der Waals surface area contributed by atoms with Crippen LogP contribution in [0.5, 0.6) is 0 Å². The van der Waals surface area contributed by atoms with E-state index in [0.717, 1.165) is 0 Å². The van der Waals surface area contributed by atoms with Crippen molar-refractivity contribution in [3.8, 4) is 0 Å². The predicted octanol–water partition coefficient (Wildman–Crippen LogP) is 0.368. The van der Waals surface area contributed by atoms with Gasteiger partial charge in [0.05, 0.1) is 5.69 Å². The lowest BCUT2D eigenvalue weighted by Crippen LogP contribution is -2.11. The van der Waals surface area contributed by atoms with Crippen LogP contribution in [0.25, 0.3) is 0 Å². The van der Waals surface area contributed by atoms with Crippen molar-refractivity contribution in [3.05, 3.63) is 18.0 Å². The second-order valence-electron chi connectivity index (χ2n) is 2.61. The summed E-state index contributed by atoms with van der Waals surface area (Å²) in [6.07, 6.45) is 1.64. The molecule has 1 heterocycles. The fourth-order valence-corrected chi connectivity index (χ4v) is 0.979. The first-order valence-corrected chi connectivity index (χ1v) is 3.73. The number of aryl methyl sites for hydroxylation is 1. The highest BCUT2D eigenvalue weighted by Gasteiger charge is 2.11. The number of anilines is 1. The number of nitrogens with zero attached hydrogens (tertiary/aromatic N) is 1. The van der Waals surface area contributed by atoms with Crippen molar-refractivity contribution in [3.63, 3.8) is 0 Å². The molecule has 0 saturated carbocycles. The van der Waals surface area contributed by atoms with Gasteiger partial charge in [-0.2, -0.15) is 0 Å². The van der Waals surface area contributed by atoms with E-state index in [2.05, 4.69) is 4.74 Å². The van der Waals surface area contributed by atoms with Crippen molar-refractivity contribution in [1.29, 1.82) is 0 Å². The van der Waals surface area contributed by atoms with Crippen LogP contribution in [0.3, 0.4) is 0 Å². The largest absolute Gasteiger partial charge is 0.434 e. The zero-order valence-corrected chi connectivity index (χ0v) is 7.61. The molecule has 0 aliphatic carbocycles. The molecule has 0 aromatic carbocycles. The van der Waals surface area contributed by atoms with Gasteiger partial charge in [-0.25, -0.2) is 4.79 Å². The zero-order chi connectivity index (χ0) is 9.84. The predicted molar refractivity (Wildman–Crippen MR) is 47.1 cm³/mol. The zero-order valence-electron chi connectivity index (χ0n) is 7.61. The van der Waals surface area contributed by atoms with Crippen LogP contribution < -0.4 is 5.73 Å². The molecule has 0 bridgehead atoms. The van der Waals surface area contributed by atoms with Crippen molar-refractivity contribution in [2.45, 2.75) is 0 Å². The molecule has 1 aromatic heterocycles. The first kappa shape index (κ1) is 9.60. The summed E-state index contributed by atoms with van der Waals surface area (Å²) in [4.78, 5) is 11.3. The van der Waals surface area contributed by atoms with Gasteiger partial charge in [-0.1, -0.05) is 0 Å². The second-order valence-corrected chi connectivity index (χ2v) is 2.61. The smallest absolute Gasteiger partial charge is 0.357 e. The number of hydrogen-bond donors (Lipinski definition) is 1. The van der Waals surface area contributed by atoms with Gasteiger partial charge in [0, 0.05) is 20.4 Å². The third-order valence-corrected chi connectivity index (χ3v) is 1.54. The van der Waals surface area contributed by atoms with Gasteiger partial charge >= 0.3 is 5.97 Å². The second kappa shape index (κ2) is 3.95. The molecule has 0 atom stereocenters. The quantitative estimate of drug-likeness (QED) is 0.544. The number of ether oxygens (including phenoxy) is 2. The van der Waals surface area contributed by atoms with E-state index >= 15 is 0 Å². The Morgan fingerprint density at radius 2 is 2.38 bits per heavy atom. The Balaban J connectivity index is 2.70. The van der Waals surface area contributed by atoms with E-state index in [9.17, 15) is 4.79 Å². The number of rotatable bonds is 3. The van der Waals surface area contributed by atoms with Gasteiger partial charge in [0.25, 0.3) is 0 Å². The normalized spacial score (nSPS) is 10.0. The molecular weight excluding hydrogens is 172 g/mol. The van der Waals surface area contributed by atoms with Gasteiger partial charge in [0.2, 0.25) is 0 Å². The number of methoxy groups -OCH3 is 1. The number of nitrogen functional groups attached to an aromatic ring is 1.